The summed E-state index contributed by atoms with van der Waals surface area (Å²) in [5, 5.41) is 13.5. The third kappa shape index (κ3) is 3.73. The van der Waals surface area contributed by atoms with E-state index in [0.29, 0.717) is 5.56 Å². The maximum absolute atomic E-state index is 12.2. The summed E-state index contributed by atoms with van der Waals surface area (Å²) in [6, 6.07) is 8.92. The number of aliphatic hydroxyl groups excluding tert-OH is 1. The van der Waals surface area contributed by atoms with Gasteiger partial charge in [0.05, 0.1) is 24.8 Å². The van der Waals surface area contributed by atoms with E-state index in [1.54, 1.807) is 19.2 Å². The smallest absolute Gasteiger partial charge is 0.176 e. The van der Waals surface area contributed by atoms with Crippen molar-refractivity contribution in [3.05, 3.63) is 35.9 Å². The van der Waals surface area contributed by atoms with E-state index in [2.05, 4.69) is 5.32 Å². The van der Waals surface area contributed by atoms with Crippen molar-refractivity contribution in [2.24, 2.45) is 5.92 Å². The van der Waals surface area contributed by atoms with Crippen LogP contribution in [0.5, 0.6) is 0 Å². The first-order chi connectivity index (χ1) is 10.6. The minimum absolute atomic E-state index is 0.00904. The topological polar surface area (TPSA) is 67.8 Å². The fraction of sp³-hybridized carbons (Fsp3) is 0.588. The second-order valence-electron chi connectivity index (χ2n) is 5.73. The predicted molar refractivity (Wildman–Crippen MR) is 83.7 cm³/mol. The van der Waals surface area contributed by atoms with Crippen LogP contribution in [0.25, 0.3) is 0 Å². The summed E-state index contributed by atoms with van der Waals surface area (Å²) < 4.78 is 11.2. The standard InChI is InChI=1S/C17H25NO4/c1-4-14-16(20)11(2)15(17(21-3)22-14)18-10-13(19)12-8-6-5-7-9-12/h5-9,11,14-18,20H,4,10H2,1-3H3/t11-,14?,15?,16+,17?/m1/s1. The summed E-state index contributed by atoms with van der Waals surface area (Å²) in [4.78, 5) is 12.2. The third-order valence-electron chi connectivity index (χ3n) is 4.32. The van der Waals surface area contributed by atoms with E-state index in [0.717, 1.165) is 6.42 Å². The average molecular weight is 307 g/mol. The van der Waals surface area contributed by atoms with Gasteiger partial charge in [0.2, 0.25) is 0 Å². The maximum atomic E-state index is 12.2. The lowest BCUT2D eigenvalue weighted by atomic mass is 9.87. The van der Waals surface area contributed by atoms with Gasteiger partial charge in [-0.3, -0.25) is 4.79 Å². The van der Waals surface area contributed by atoms with E-state index in [1.807, 2.05) is 32.0 Å². The fourth-order valence-corrected chi connectivity index (χ4v) is 2.89. The quantitative estimate of drug-likeness (QED) is 0.782. The first-order valence-corrected chi connectivity index (χ1v) is 7.76. The number of aliphatic hydroxyl groups is 1. The Kier molecular flexibility index (Phi) is 6.08. The predicted octanol–water partition coefficient (Wildman–Crippen LogP) is 1.61. The van der Waals surface area contributed by atoms with Gasteiger partial charge in [0, 0.05) is 18.6 Å². The van der Waals surface area contributed by atoms with Gasteiger partial charge in [0.25, 0.3) is 0 Å². The van der Waals surface area contributed by atoms with Gasteiger partial charge in [-0.05, 0) is 6.42 Å². The molecule has 1 aliphatic rings. The molecule has 1 aromatic rings. The van der Waals surface area contributed by atoms with Crippen molar-refractivity contribution in [2.75, 3.05) is 13.7 Å². The van der Waals surface area contributed by atoms with Crippen LogP contribution >= 0.6 is 0 Å². The first-order valence-electron chi connectivity index (χ1n) is 7.76. The van der Waals surface area contributed by atoms with Gasteiger partial charge in [-0.1, -0.05) is 44.2 Å². The summed E-state index contributed by atoms with van der Waals surface area (Å²) in [5.74, 6) is -0.0537. The molecule has 0 aliphatic carbocycles. The number of benzene rings is 1. The van der Waals surface area contributed by atoms with E-state index < -0.39 is 12.4 Å². The summed E-state index contributed by atoms with van der Waals surface area (Å²) in [6.07, 6.45) is -0.545. The van der Waals surface area contributed by atoms with Crippen LogP contribution in [0.4, 0.5) is 0 Å². The second-order valence-corrected chi connectivity index (χ2v) is 5.73. The van der Waals surface area contributed by atoms with Gasteiger partial charge in [-0.25, -0.2) is 0 Å². The van der Waals surface area contributed by atoms with Crippen LogP contribution in [0.1, 0.15) is 30.6 Å². The lowest BCUT2D eigenvalue weighted by Gasteiger charge is -2.43. The Hall–Kier alpha value is -1.27. The zero-order valence-corrected chi connectivity index (χ0v) is 13.4. The highest BCUT2D eigenvalue weighted by atomic mass is 16.7. The summed E-state index contributed by atoms with van der Waals surface area (Å²) in [7, 11) is 1.58. The summed E-state index contributed by atoms with van der Waals surface area (Å²) >= 11 is 0. The number of carbonyl (C=O) groups excluding carboxylic acids is 1. The molecule has 0 amide bonds. The first kappa shape index (κ1) is 17.1. The Bertz CT molecular complexity index is 477. The van der Waals surface area contributed by atoms with Crippen LogP contribution < -0.4 is 5.32 Å². The average Bonchev–Trinajstić information content (AvgIpc) is 2.56. The Morgan fingerprint density at radius 1 is 1.36 bits per heavy atom. The van der Waals surface area contributed by atoms with Crippen LogP contribution in [-0.4, -0.2) is 49.1 Å². The highest BCUT2D eigenvalue weighted by Gasteiger charge is 2.42. The van der Waals surface area contributed by atoms with Crippen molar-refractivity contribution in [2.45, 2.75) is 44.8 Å². The zero-order valence-electron chi connectivity index (χ0n) is 13.4. The monoisotopic (exact) mass is 307 g/mol. The van der Waals surface area contributed by atoms with Crippen molar-refractivity contribution in [3.8, 4) is 0 Å². The zero-order chi connectivity index (χ0) is 16.1. The molecule has 22 heavy (non-hydrogen) atoms. The van der Waals surface area contributed by atoms with E-state index in [1.165, 1.54) is 0 Å². The molecule has 1 saturated heterocycles. The number of hydrogen-bond acceptors (Lipinski definition) is 5. The number of Topliss-reactive ketones (excluding diaryl/α,β-unsaturated/α-hetero) is 1. The van der Waals surface area contributed by atoms with Gasteiger partial charge >= 0.3 is 0 Å². The molecule has 0 aromatic heterocycles. The number of nitrogens with one attached hydrogen (secondary N) is 1. The molecule has 1 fully saturated rings. The van der Waals surface area contributed by atoms with Crippen LogP contribution in [0.15, 0.2) is 30.3 Å². The Labute approximate surface area is 131 Å². The van der Waals surface area contributed by atoms with Gasteiger partial charge in [-0.15, -0.1) is 0 Å². The molecule has 5 nitrogen and oxygen atoms in total. The van der Waals surface area contributed by atoms with E-state index in [-0.39, 0.29) is 30.4 Å². The molecule has 2 N–H and O–H groups in total. The molecular weight excluding hydrogens is 282 g/mol. The van der Waals surface area contributed by atoms with Crippen molar-refractivity contribution in [3.63, 3.8) is 0 Å². The van der Waals surface area contributed by atoms with Gasteiger partial charge < -0.3 is 19.9 Å². The molecule has 5 atom stereocenters. The molecule has 1 heterocycles. The largest absolute Gasteiger partial charge is 0.390 e. The van der Waals surface area contributed by atoms with Crippen molar-refractivity contribution in [1.29, 1.82) is 0 Å². The SMILES string of the molecule is CCC1OC(OC)C(NCC(=O)c2ccccc2)[C@@H](C)[C@@H]1O. The molecule has 5 heteroatoms. The number of carbonyl (C=O) groups is 1. The van der Waals surface area contributed by atoms with Gasteiger partial charge in [-0.2, -0.15) is 0 Å². The normalized spacial score (nSPS) is 31.9. The molecule has 1 aromatic carbocycles. The molecule has 3 unspecified atom stereocenters. The van der Waals surface area contributed by atoms with E-state index in [4.69, 9.17) is 9.47 Å². The minimum atomic E-state index is -0.569. The number of ketones is 1. The molecule has 0 radical (unpaired) electrons. The molecule has 0 bridgehead atoms. The van der Waals surface area contributed by atoms with Crippen molar-refractivity contribution in [1.82, 2.24) is 5.32 Å². The van der Waals surface area contributed by atoms with Crippen molar-refractivity contribution >= 4 is 5.78 Å². The lowest BCUT2D eigenvalue weighted by Crippen LogP contribution is -2.59. The van der Waals surface area contributed by atoms with Crippen LogP contribution in [0, 0.1) is 5.92 Å². The Morgan fingerprint density at radius 3 is 2.64 bits per heavy atom. The maximum Gasteiger partial charge on any atom is 0.176 e. The van der Waals surface area contributed by atoms with Gasteiger partial charge in [0.15, 0.2) is 12.1 Å². The molecule has 0 spiro atoms. The Balaban J connectivity index is 1.99. The van der Waals surface area contributed by atoms with Gasteiger partial charge in [0.1, 0.15) is 0 Å². The number of ether oxygens (including phenoxy) is 2. The number of methoxy groups -OCH3 is 1. The Morgan fingerprint density at radius 2 is 2.05 bits per heavy atom. The van der Waals surface area contributed by atoms with Crippen LogP contribution in [0.3, 0.4) is 0 Å². The molecular formula is C17H25NO4. The molecule has 122 valence electrons. The van der Waals surface area contributed by atoms with Crippen LogP contribution in [0.2, 0.25) is 0 Å². The highest BCUT2D eigenvalue weighted by Crippen LogP contribution is 2.27. The van der Waals surface area contributed by atoms with Crippen LogP contribution in [-0.2, 0) is 9.47 Å². The highest BCUT2D eigenvalue weighted by molar-refractivity contribution is 5.97. The number of rotatable bonds is 6. The minimum Gasteiger partial charge on any atom is -0.390 e. The van der Waals surface area contributed by atoms with E-state index in [9.17, 15) is 9.90 Å². The fourth-order valence-electron chi connectivity index (χ4n) is 2.89. The lowest BCUT2D eigenvalue weighted by molar-refractivity contribution is -0.242. The van der Waals surface area contributed by atoms with Crippen molar-refractivity contribution < 1.29 is 19.4 Å². The summed E-state index contributed by atoms with van der Waals surface area (Å²) in [6.45, 7) is 4.11. The van der Waals surface area contributed by atoms with E-state index >= 15 is 0 Å². The molecule has 2 rings (SSSR count). The second kappa shape index (κ2) is 7.83. The number of hydrogen-bond donors (Lipinski definition) is 2. The summed E-state index contributed by atoms with van der Waals surface area (Å²) in [5.41, 5.74) is 0.667. The molecule has 0 saturated carbocycles. The third-order valence-corrected chi connectivity index (χ3v) is 4.32. The molecule has 1 aliphatic heterocycles.